The predicted octanol–water partition coefficient (Wildman–Crippen LogP) is 2.40. The summed E-state index contributed by atoms with van der Waals surface area (Å²) in [6, 6.07) is 1.83. The van der Waals surface area contributed by atoms with Crippen molar-refractivity contribution in [2.75, 3.05) is 19.0 Å². The van der Waals surface area contributed by atoms with Gasteiger partial charge >= 0.3 is 0 Å². The molecule has 1 aliphatic rings. The maximum atomic E-state index is 5.12. The highest BCUT2D eigenvalue weighted by Crippen LogP contribution is 2.40. The van der Waals surface area contributed by atoms with Crippen molar-refractivity contribution in [1.29, 1.82) is 0 Å². The second-order valence-electron chi connectivity index (χ2n) is 4.89. The molecule has 4 heteroatoms. The van der Waals surface area contributed by atoms with Crippen LogP contribution in [0, 0.1) is 12.3 Å². The first-order valence-corrected chi connectivity index (χ1v) is 5.75. The zero-order valence-corrected chi connectivity index (χ0v) is 10.2. The largest absolute Gasteiger partial charge is 0.481 e. The van der Waals surface area contributed by atoms with E-state index in [9.17, 15) is 0 Å². The van der Waals surface area contributed by atoms with E-state index in [1.54, 1.807) is 7.11 Å². The van der Waals surface area contributed by atoms with Crippen LogP contribution in [0.5, 0.6) is 5.88 Å². The molecule has 0 aliphatic heterocycles. The lowest BCUT2D eigenvalue weighted by atomic mass is 9.70. The number of aryl methyl sites for hydroxylation is 1. The van der Waals surface area contributed by atoms with Gasteiger partial charge in [0.25, 0.3) is 0 Å². The molecule has 0 saturated heterocycles. The van der Waals surface area contributed by atoms with Gasteiger partial charge in [0.2, 0.25) is 11.8 Å². The van der Waals surface area contributed by atoms with Crippen LogP contribution in [0.2, 0.25) is 0 Å². The molecule has 0 spiro atoms. The summed E-state index contributed by atoms with van der Waals surface area (Å²) in [6.45, 7) is 5.19. The molecule has 2 rings (SSSR count). The Morgan fingerprint density at radius 3 is 2.75 bits per heavy atom. The van der Waals surface area contributed by atoms with Crippen LogP contribution in [0.3, 0.4) is 0 Å². The zero-order chi connectivity index (χ0) is 11.6. The number of hydrogen-bond acceptors (Lipinski definition) is 4. The molecule has 0 unspecified atom stereocenters. The number of aromatic nitrogens is 2. The third kappa shape index (κ3) is 2.43. The smallest absolute Gasteiger partial charge is 0.226 e. The van der Waals surface area contributed by atoms with Crippen molar-refractivity contribution >= 4 is 5.95 Å². The fourth-order valence-corrected chi connectivity index (χ4v) is 1.97. The van der Waals surface area contributed by atoms with Gasteiger partial charge in [-0.15, -0.1) is 0 Å². The number of methoxy groups -OCH3 is 1. The Balaban J connectivity index is 2.00. The fourth-order valence-electron chi connectivity index (χ4n) is 1.97. The Hall–Kier alpha value is -1.32. The minimum absolute atomic E-state index is 0.431. The molecule has 1 saturated carbocycles. The van der Waals surface area contributed by atoms with Crippen molar-refractivity contribution in [2.45, 2.75) is 33.1 Å². The van der Waals surface area contributed by atoms with Crippen molar-refractivity contribution in [1.82, 2.24) is 9.97 Å². The average Bonchev–Trinajstić information content (AvgIpc) is 2.23. The highest BCUT2D eigenvalue weighted by Gasteiger charge is 2.31. The first-order valence-electron chi connectivity index (χ1n) is 5.75. The van der Waals surface area contributed by atoms with E-state index in [1.807, 2.05) is 13.0 Å². The second-order valence-corrected chi connectivity index (χ2v) is 4.89. The van der Waals surface area contributed by atoms with Gasteiger partial charge < -0.3 is 10.1 Å². The molecule has 0 aromatic carbocycles. The highest BCUT2D eigenvalue weighted by atomic mass is 16.5. The van der Waals surface area contributed by atoms with E-state index >= 15 is 0 Å². The Kier molecular flexibility index (Phi) is 2.99. The lowest BCUT2D eigenvalue weighted by Gasteiger charge is -2.38. The van der Waals surface area contributed by atoms with E-state index < -0.39 is 0 Å². The first kappa shape index (κ1) is 11.2. The van der Waals surface area contributed by atoms with Gasteiger partial charge in [0.15, 0.2) is 0 Å². The lowest BCUT2D eigenvalue weighted by molar-refractivity contribution is 0.179. The number of hydrogen-bond donors (Lipinski definition) is 1. The molecule has 0 amide bonds. The Morgan fingerprint density at radius 1 is 1.44 bits per heavy atom. The summed E-state index contributed by atoms with van der Waals surface area (Å²) in [4.78, 5) is 8.61. The average molecular weight is 221 g/mol. The van der Waals surface area contributed by atoms with Crippen molar-refractivity contribution in [3.63, 3.8) is 0 Å². The molecule has 1 N–H and O–H groups in total. The summed E-state index contributed by atoms with van der Waals surface area (Å²) < 4.78 is 5.12. The summed E-state index contributed by atoms with van der Waals surface area (Å²) in [5.74, 6) is 1.29. The SMILES string of the molecule is COc1cc(C)nc(NCC2(C)CCC2)n1. The molecule has 1 heterocycles. The quantitative estimate of drug-likeness (QED) is 0.848. The van der Waals surface area contributed by atoms with Crippen molar-refractivity contribution < 1.29 is 4.74 Å². The molecule has 0 bridgehead atoms. The van der Waals surface area contributed by atoms with Gasteiger partial charge in [-0.1, -0.05) is 13.3 Å². The summed E-state index contributed by atoms with van der Waals surface area (Å²) in [7, 11) is 1.62. The minimum atomic E-state index is 0.431. The number of rotatable bonds is 4. The van der Waals surface area contributed by atoms with Crippen molar-refractivity contribution in [3.05, 3.63) is 11.8 Å². The molecule has 4 nitrogen and oxygen atoms in total. The molecule has 16 heavy (non-hydrogen) atoms. The molecule has 1 aromatic rings. The van der Waals surface area contributed by atoms with Crippen LogP contribution in [0.25, 0.3) is 0 Å². The molecule has 0 atom stereocenters. The van der Waals surface area contributed by atoms with E-state index in [2.05, 4.69) is 22.2 Å². The molecule has 1 aliphatic carbocycles. The fraction of sp³-hybridized carbons (Fsp3) is 0.667. The third-order valence-electron chi connectivity index (χ3n) is 3.27. The third-order valence-corrected chi connectivity index (χ3v) is 3.27. The summed E-state index contributed by atoms with van der Waals surface area (Å²) >= 11 is 0. The van der Waals surface area contributed by atoms with Gasteiger partial charge in [-0.3, -0.25) is 0 Å². The Morgan fingerprint density at radius 2 is 2.19 bits per heavy atom. The van der Waals surface area contributed by atoms with E-state index in [0.29, 0.717) is 17.2 Å². The second kappa shape index (κ2) is 4.28. The van der Waals surface area contributed by atoms with Crippen LogP contribution in [0.4, 0.5) is 5.95 Å². The maximum Gasteiger partial charge on any atom is 0.226 e. The minimum Gasteiger partial charge on any atom is -0.481 e. The van der Waals surface area contributed by atoms with E-state index in [4.69, 9.17) is 4.74 Å². The number of nitrogens with zero attached hydrogens (tertiary/aromatic N) is 2. The normalized spacial score (nSPS) is 17.7. The monoisotopic (exact) mass is 221 g/mol. The number of anilines is 1. The number of nitrogens with one attached hydrogen (secondary N) is 1. The summed E-state index contributed by atoms with van der Waals surface area (Å²) in [5, 5.41) is 3.30. The highest BCUT2D eigenvalue weighted by molar-refractivity contribution is 5.31. The van der Waals surface area contributed by atoms with Crippen LogP contribution < -0.4 is 10.1 Å². The van der Waals surface area contributed by atoms with E-state index in [0.717, 1.165) is 12.2 Å². The maximum absolute atomic E-state index is 5.12. The van der Waals surface area contributed by atoms with Crippen LogP contribution >= 0.6 is 0 Å². The molecule has 0 radical (unpaired) electrons. The predicted molar refractivity (Wildman–Crippen MR) is 63.8 cm³/mol. The first-order chi connectivity index (χ1) is 7.61. The standard InChI is InChI=1S/C12H19N3O/c1-9-7-10(16-3)15-11(14-9)13-8-12(2)5-4-6-12/h7H,4-6,8H2,1-3H3,(H,13,14,15). The van der Waals surface area contributed by atoms with Crippen LogP contribution in [-0.4, -0.2) is 23.6 Å². The van der Waals surface area contributed by atoms with Gasteiger partial charge in [0.1, 0.15) is 0 Å². The molecular formula is C12H19N3O. The molecule has 88 valence electrons. The summed E-state index contributed by atoms with van der Waals surface area (Å²) in [6.07, 6.45) is 3.93. The van der Waals surface area contributed by atoms with Gasteiger partial charge in [-0.05, 0) is 25.2 Å². The topological polar surface area (TPSA) is 47.0 Å². The lowest BCUT2D eigenvalue weighted by Crippen LogP contribution is -2.33. The molecule has 1 fully saturated rings. The van der Waals surface area contributed by atoms with Gasteiger partial charge in [-0.25, -0.2) is 4.98 Å². The van der Waals surface area contributed by atoms with Crippen molar-refractivity contribution in [2.24, 2.45) is 5.41 Å². The van der Waals surface area contributed by atoms with Crippen molar-refractivity contribution in [3.8, 4) is 5.88 Å². The summed E-state index contributed by atoms with van der Waals surface area (Å²) in [5.41, 5.74) is 1.36. The van der Waals surface area contributed by atoms with Gasteiger partial charge in [-0.2, -0.15) is 4.98 Å². The molecule has 1 aromatic heterocycles. The van der Waals surface area contributed by atoms with Crippen LogP contribution in [0.15, 0.2) is 6.07 Å². The van der Waals surface area contributed by atoms with E-state index in [1.165, 1.54) is 19.3 Å². The zero-order valence-electron chi connectivity index (χ0n) is 10.2. The van der Waals surface area contributed by atoms with Gasteiger partial charge in [0.05, 0.1) is 7.11 Å². The Bertz CT molecular complexity index is 375. The van der Waals surface area contributed by atoms with E-state index in [-0.39, 0.29) is 0 Å². The number of ether oxygens (including phenoxy) is 1. The van der Waals surface area contributed by atoms with Gasteiger partial charge in [0, 0.05) is 18.3 Å². The Labute approximate surface area is 96.4 Å². The van der Waals surface area contributed by atoms with Crippen LogP contribution in [-0.2, 0) is 0 Å². The molecular weight excluding hydrogens is 202 g/mol. The van der Waals surface area contributed by atoms with Crippen LogP contribution in [0.1, 0.15) is 31.9 Å².